The van der Waals surface area contributed by atoms with Gasteiger partial charge in [0.25, 0.3) is 0 Å². The van der Waals surface area contributed by atoms with Crippen LogP contribution in [0.15, 0.2) is 0 Å². The third-order valence-electron chi connectivity index (χ3n) is 16.7. The van der Waals surface area contributed by atoms with Crippen LogP contribution < -0.4 is 0 Å². The third kappa shape index (κ3) is 63.5. The van der Waals surface area contributed by atoms with Crippen molar-refractivity contribution in [3.63, 3.8) is 0 Å². The number of phosphoric acid groups is 2. The molecule has 534 valence electrons. The zero-order valence-corrected chi connectivity index (χ0v) is 60.6. The van der Waals surface area contributed by atoms with Crippen LogP contribution in [0.25, 0.3) is 0 Å². The number of unbranched alkanes of at least 4 members (excludes halogenated alkanes) is 33. The van der Waals surface area contributed by atoms with Crippen LogP contribution in [0.4, 0.5) is 0 Å². The van der Waals surface area contributed by atoms with E-state index < -0.39 is 97.5 Å². The minimum Gasteiger partial charge on any atom is -0.462 e. The molecule has 0 bridgehead atoms. The number of esters is 4. The molecule has 0 fully saturated rings. The molecule has 0 aliphatic rings. The van der Waals surface area contributed by atoms with Crippen LogP contribution in [0.3, 0.4) is 0 Å². The highest BCUT2D eigenvalue weighted by Gasteiger charge is 2.30. The molecule has 0 spiro atoms. The fourth-order valence-electron chi connectivity index (χ4n) is 10.6. The highest BCUT2D eigenvalue weighted by atomic mass is 31.2. The van der Waals surface area contributed by atoms with Gasteiger partial charge in [-0.05, 0) is 49.4 Å². The summed E-state index contributed by atoms with van der Waals surface area (Å²) in [7, 11) is -9.90. The number of carbonyl (C=O) groups is 4. The Labute approximate surface area is 549 Å². The number of hydrogen-bond donors (Lipinski definition) is 3. The van der Waals surface area contributed by atoms with E-state index >= 15 is 0 Å². The Morgan fingerprint density at radius 3 is 0.789 bits per heavy atom. The Balaban J connectivity index is 5.20. The molecule has 0 rings (SSSR count). The summed E-state index contributed by atoms with van der Waals surface area (Å²) < 4.78 is 68.3. The van der Waals surface area contributed by atoms with Crippen LogP contribution >= 0.6 is 15.6 Å². The zero-order chi connectivity index (χ0) is 66.8. The Morgan fingerprint density at radius 1 is 0.311 bits per heavy atom. The average molecular weight is 1330 g/mol. The van der Waals surface area contributed by atoms with E-state index in [1.54, 1.807) is 0 Å². The minimum atomic E-state index is -4.95. The summed E-state index contributed by atoms with van der Waals surface area (Å²) in [5.41, 5.74) is 0. The lowest BCUT2D eigenvalue weighted by Crippen LogP contribution is -2.30. The second-order valence-corrected chi connectivity index (χ2v) is 30.2. The van der Waals surface area contributed by atoms with Gasteiger partial charge in [0.15, 0.2) is 12.2 Å². The molecule has 6 atom stereocenters. The molecule has 0 aliphatic heterocycles. The Kier molecular flexibility index (Phi) is 59.4. The van der Waals surface area contributed by atoms with Crippen molar-refractivity contribution >= 4 is 39.5 Å². The molecule has 0 aromatic heterocycles. The first-order chi connectivity index (χ1) is 43.1. The fraction of sp³-hybridized carbons (Fsp3) is 0.944. The summed E-state index contributed by atoms with van der Waals surface area (Å²) in [4.78, 5) is 72.5. The monoisotopic (exact) mass is 1320 g/mol. The fourth-order valence-corrected chi connectivity index (χ4v) is 12.2. The number of rotatable bonds is 68. The van der Waals surface area contributed by atoms with Crippen LogP contribution in [0.5, 0.6) is 0 Å². The minimum absolute atomic E-state index is 0.102. The van der Waals surface area contributed by atoms with E-state index in [1.165, 1.54) is 148 Å². The molecular weight excluding hydrogens is 1190 g/mol. The van der Waals surface area contributed by atoms with Gasteiger partial charge in [0.2, 0.25) is 0 Å². The van der Waals surface area contributed by atoms with Crippen LogP contribution in [-0.2, 0) is 65.4 Å². The SMILES string of the molecule is CCC(C)CCCCCCCCC(=O)OC[C@H](COP(=O)(O)OCC(O)COP(=O)(O)OC[C@@H](COC(=O)CCCCCCCCCCC(C)C)OC(=O)CCCCCCCCCC(C)C)OC(=O)CCCCCCCCCCCCCCCCCCC(C)C. The lowest BCUT2D eigenvalue weighted by molar-refractivity contribution is -0.161. The van der Waals surface area contributed by atoms with E-state index in [-0.39, 0.29) is 25.7 Å². The number of carbonyl (C=O) groups excluding carboxylic acids is 4. The van der Waals surface area contributed by atoms with Gasteiger partial charge in [-0.3, -0.25) is 37.3 Å². The highest BCUT2D eigenvalue weighted by Crippen LogP contribution is 2.45. The van der Waals surface area contributed by atoms with Crippen LogP contribution in [-0.4, -0.2) is 96.7 Å². The average Bonchev–Trinajstić information content (AvgIpc) is 2.95. The highest BCUT2D eigenvalue weighted by molar-refractivity contribution is 7.47. The number of aliphatic hydroxyl groups excluding tert-OH is 1. The molecule has 3 N–H and O–H groups in total. The van der Waals surface area contributed by atoms with Gasteiger partial charge < -0.3 is 33.8 Å². The van der Waals surface area contributed by atoms with Gasteiger partial charge in [0.05, 0.1) is 26.4 Å². The second kappa shape index (κ2) is 60.7. The molecule has 0 aromatic rings. The zero-order valence-electron chi connectivity index (χ0n) is 58.8. The van der Waals surface area contributed by atoms with Crippen molar-refractivity contribution < 1.29 is 80.2 Å². The van der Waals surface area contributed by atoms with E-state index in [0.29, 0.717) is 31.6 Å². The summed E-state index contributed by atoms with van der Waals surface area (Å²) in [5, 5.41) is 10.6. The maximum Gasteiger partial charge on any atom is 0.472 e. The molecular formula is C71H138O17P2. The van der Waals surface area contributed by atoms with Gasteiger partial charge in [0.1, 0.15) is 19.3 Å². The first-order valence-electron chi connectivity index (χ1n) is 36.7. The van der Waals surface area contributed by atoms with E-state index in [0.717, 1.165) is 114 Å². The molecule has 0 saturated carbocycles. The summed E-state index contributed by atoms with van der Waals surface area (Å²) in [6.07, 6.45) is 43.3. The van der Waals surface area contributed by atoms with E-state index in [2.05, 4.69) is 55.4 Å². The largest absolute Gasteiger partial charge is 0.472 e. The summed E-state index contributed by atoms with van der Waals surface area (Å²) >= 11 is 0. The maximum atomic E-state index is 13.0. The molecule has 0 radical (unpaired) electrons. The molecule has 17 nitrogen and oxygen atoms in total. The molecule has 0 aliphatic carbocycles. The molecule has 90 heavy (non-hydrogen) atoms. The van der Waals surface area contributed by atoms with Crippen molar-refractivity contribution in [1.82, 2.24) is 0 Å². The Bertz CT molecular complexity index is 1780. The standard InChI is InChI=1S/C71H138O17P2/c1-9-64(8)50-42-34-29-30-36-44-52-69(74)82-58-67(87-70(75)53-45-37-27-19-17-15-13-11-10-12-14-16-18-23-31-39-47-61(2)3)60-86-90(79,80)84-56-65(72)55-83-89(77,78)85-59-66(88-71(76)54-46-38-28-22-25-33-41-49-63(6)7)57-81-68(73)51-43-35-26-21-20-24-32-40-48-62(4)5/h61-67,72H,9-60H2,1-8H3,(H,77,78)(H,79,80)/t64?,65?,66-,67-/m1/s1. The Morgan fingerprint density at radius 2 is 0.533 bits per heavy atom. The number of phosphoric ester groups is 2. The van der Waals surface area contributed by atoms with Gasteiger partial charge in [-0.15, -0.1) is 0 Å². The number of aliphatic hydroxyl groups is 1. The van der Waals surface area contributed by atoms with Gasteiger partial charge >= 0.3 is 39.5 Å². The molecule has 0 aromatic carbocycles. The maximum absolute atomic E-state index is 13.0. The topological polar surface area (TPSA) is 237 Å². The molecule has 19 heteroatoms. The quantitative estimate of drug-likeness (QED) is 0.0222. The van der Waals surface area contributed by atoms with E-state index in [9.17, 15) is 43.2 Å². The first kappa shape index (κ1) is 88.1. The van der Waals surface area contributed by atoms with Crippen molar-refractivity contribution in [2.45, 2.75) is 369 Å². The normalized spacial score (nSPS) is 14.6. The number of hydrogen-bond acceptors (Lipinski definition) is 15. The van der Waals surface area contributed by atoms with Crippen molar-refractivity contribution in [2.75, 3.05) is 39.6 Å². The van der Waals surface area contributed by atoms with Gasteiger partial charge in [-0.25, -0.2) is 9.13 Å². The lowest BCUT2D eigenvalue weighted by atomic mass is 10.00. The predicted molar refractivity (Wildman–Crippen MR) is 363 cm³/mol. The molecule has 0 heterocycles. The van der Waals surface area contributed by atoms with Crippen LogP contribution in [0.2, 0.25) is 0 Å². The van der Waals surface area contributed by atoms with Crippen LogP contribution in [0, 0.1) is 23.7 Å². The van der Waals surface area contributed by atoms with Crippen molar-refractivity contribution in [1.29, 1.82) is 0 Å². The second-order valence-electron chi connectivity index (χ2n) is 27.3. The third-order valence-corrected chi connectivity index (χ3v) is 18.6. The van der Waals surface area contributed by atoms with Gasteiger partial charge in [0, 0.05) is 25.7 Å². The molecule has 0 amide bonds. The van der Waals surface area contributed by atoms with Crippen molar-refractivity contribution in [3.05, 3.63) is 0 Å². The lowest BCUT2D eigenvalue weighted by Gasteiger charge is -2.21. The predicted octanol–water partition coefficient (Wildman–Crippen LogP) is 20.1. The summed E-state index contributed by atoms with van der Waals surface area (Å²) in [5.74, 6) is 0.830. The van der Waals surface area contributed by atoms with Gasteiger partial charge in [-0.1, -0.05) is 299 Å². The Hall–Kier alpha value is -1.94. The molecule has 4 unspecified atom stereocenters. The van der Waals surface area contributed by atoms with E-state index in [4.69, 9.17) is 37.0 Å². The van der Waals surface area contributed by atoms with E-state index in [1.807, 2.05) is 0 Å². The van der Waals surface area contributed by atoms with Crippen molar-refractivity contribution in [3.8, 4) is 0 Å². The van der Waals surface area contributed by atoms with Crippen molar-refractivity contribution in [2.24, 2.45) is 23.7 Å². The summed E-state index contributed by atoms with van der Waals surface area (Å²) in [6, 6.07) is 0. The summed E-state index contributed by atoms with van der Waals surface area (Å²) in [6.45, 7) is 14.0. The van der Waals surface area contributed by atoms with Gasteiger partial charge in [-0.2, -0.15) is 0 Å². The smallest absolute Gasteiger partial charge is 0.462 e. The first-order valence-corrected chi connectivity index (χ1v) is 39.7. The van der Waals surface area contributed by atoms with Crippen LogP contribution in [0.1, 0.15) is 351 Å². The molecule has 0 saturated heterocycles. The number of ether oxygens (including phenoxy) is 4.